The topological polar surface area (TPSA) is 41.4 Å². The molecule has 2 saturated heterocycles. The summed E-state index contributed by atoms with van der Waals surface area (Å²) in [5.74, 6) is 0.942. The van der Waals surface area contributed by atoms with E-state index in [1.165, 1.54) is 12.1 Å². The second kappa shape index (κ2) is 6.64. The van der Waals surface area contributed by atoms with Crippen molar-refractivity contribution >= 4 is 5.91 Å². The lowest BCUT2D eigenvalue weighted by molar-refractivity contribution is -0.139. The lowest BCUT2D eigenvalue weighted by Crippen LogP contribution is -2.64. The molecular weight excluding hydrogens is 312 g/mol. The van der Waals surface area contributed by atoms with Gasteiger partial charge in [-0.25, -0.2) is 0 Å². The minimum atomic E-state index is 0.191. The molecule has 1 aromatic carbocycles. The summed E-state index contributed by atoms with van der Waals surface area (Å²) in [6, 6.07) is 13.1. The summed E-state index contributed by atoms with van der Waals surface area (Å²) in [6.45, 7) is 8.23. The van der Waals surface area contributed by atoms with E-state index in [-0.39, 0.29) is 5.91 Å². The molecule has 3 heterocycles. The molecule has 0 N–H and O–H groups in total. The van der Waals surface area contributed by atoms with Crippen molar-refractivity contribution in [1.82, 2.24) is 19.6 Å². The van der Waals surface area contributed by atoms with Crippen LogP contribution in [0.2, 0.25) is 0 Å². The number of nitrogens with zero attached hydrogens (tertiary/aromatic N) is 4. The maximum Gasteiger partial charge on any atom is 0.244 e. The van der Waals surface area contributed by atoms with E-state index in [0.717, 1.165) is 43.4 Å². The maximum absolute atomic E-state index is 12.7. The fourth-order valence-electron chi connectivity index (χ4n) is 4.19. The average molecular weight is 338 g/mol. The zero-order valence-corrected chi connectivity index (χ0v) is 15.1. The van der Waals surface area contributed by atoms with Crippen molar-refractivity contribution in [2.45, 2.75) is 39.4 Å². The Morgan fingerprint density at radius 3 is 2.72 bits per heavy atom. The molecule has 0 saturated carbocycles. The summed E-state index contributed by atoms with van der Waals surface area (Å²) in [6.07, 6.45) is 1.12. The van der Waals surface area contributed by atoms with Gasteiger partial charge in [0.15, 0.2) is 0 Å². The van der Waals surface area contributed by atoms with Crippen LogP contribution in [0, 0.1) is 19.8 Å². The highest BCUT2D eigenvalue weighted by molar-refractivity contribution is 5.76. The fraction of sp³-hybridized carbons (Fsp3) is 0.500. The van der Waals surface area contributed by atoms with Crippen molar-refractivity contribution in [2.75, 3.05) is 19.6 Å². The lowest BCUT2D eigenvalue weighted by Gasteiger charge is -2.53. The molecule has 2 atom stereocenters. The Hall–Kier alpha value is -2.14. The van der Waals surface area contributed by atoms with Crippen molar-refractivity contribution in [3.05, 3.63) is 53.3 Å². The largest absolute Gasteiger partial charge is 0.339 e. The number of carbonyl (C=O) groups is 1. The number of amides is 1. The fourth-order valence-corrected chi connectivity index (χ4v) is 4.19. The average Bonchev–Trinajstić information content (AvgIpc) is 2.91. The zero-order chi connectivity index (χ0) is 17.4. The molecule has 132 valence electrons. The van der Waals surface area contributed by atoms with Gasteiger partial charge in [-0.3, -0.25) is 14.4 Å². The highest BCUT2D eigenvalue weighted by Gasteiger charge is 2.43. The van der Waals surface area contributed by atoms with Crippen LogP contribution in [-0.4, -0.2) is 51.2 Å². The van der Waals surface area contributed by atoms with Crippen molar-refractivity contribution in [2.24, 2.45) is 5.92 Å². The number of hydrogen-bond donors (Lipinski definition) is 0. The zero-order valence-electron chi connectivity index (χ0n) is 15.1. The number of aromatic nitrogens is 2. The van der Waals surface area contributed by atoms with Gasteiger partial charge in [-0.2, -0.15) is 5.10 Å². The van der Waals surface area contributed by atoms with Gasteiger partial charge in [0.25, 0.3) is 0 Å². The van der Waals surface area contributed by atoms with E-state index in [4.69, 9.17) is 0 Å². The molecule has 0 radical (unpaired) electrons. The molecule has 1 aromatic heterocycles. The Kier molecular flexibility index (Phi) is 4.34. The van der Waals surface area contributed by atoms with Crippen LogP contribution in [0.5, 0.6) is 0 Å². The molecule has 5 nitrogen and oxygen atoms in total. The van der Waals surface area contributed by atoms with E-state index < -0.39 is 0 Å². The van der Waals surface area contributed by atoms with Crippen LogP contribution in [0.4, 0.5) is 0 Å². The van der Waals surface area contributed by atoms with E-state index in [0.29, 0.717) is 12.6 Å². The van der Waals surface area contributed by atoms with Gasteiger partial charge in [0.05, 0.1) is 5.69 Å². The van der Waals surface area contributed by atoms with E-state index in [2.05, 4.69) is 40.3 Å². The predicted molar refractivity (Wildman–Crippen MR) is 97.0 cm³/mol. The Morgan fingerprint density at radius 2 is 2.00 bits per heavy atom. The quantitative estimate of drug-likeness (QED) is 0.858. The van der Waals surface area contributed by atoms with Crippen LogP contribution >= 0.6 is 0 Å². The lowest BCUT2D eigenvalue weighted by atomic mass is 9.82. The summed E-state index contributed by atoms with van der Waals surface area (Å²) in [5.41, 5.74) is 3.37. The summed E-state index contributed by atoms with van der Waals surface area (Å²) in [5, 5.41) is 4.42. The maximum atomic E-state index is 12.7. The number of hydrogen-bond acceptors (Lipinski definition) is 3. The second-order valence-corrected chi connectivity index (χ2v) is 7.46. The first-order valence-corrected chi connectivity index (χ1v) is 9.17. The van der Waals surface area contributed by atoms with E-state index >= 15 is 0 Å². The Balaban J connectivity index is 1.37. The Bertz CT molecular complexity index is 754. The van der Waals surface area contributed by atoms with Gasteiger partial charge in [-0.1, -0.05) is 30.3 Å². The normalized spacial score (nSPS) is 23.2. The van der Waals surface area contributed by atoms with Gasteiger partial charge >= 0.3 is 0 Å². The number of carbonyl (C=O) groups excluding carboxylic acids is 1. The van der Waals surface area contributed by atoms with Crippen molar-refractivity contribution in [1.29, 1.82) is 0 Å². The molecule has 0 bridgehead atoms. The summed E-state index contributed by atoms with van der Waals surface area (Å²) in [7, 11) is 0. The third kappa shape index (κ3) is 3.33. The van der Waals surface area contributed by atoms with Crippen molar-refractivity contribution in [3.8, 4) is 0 Å². The molecule has 0 unspecified atom stereocenters. The number of benzene rings is 1. The molecule has 5 heteroatoms. The van der Waals surface area contributed by atoms with Crippen LogP contribution in [0.1, 0.15) is 23.4 Å². The molecular formula is C20H26N4O. The van der Waals surface area contributed by atoms with Gasteiger partial charge in [0.1, 0.15) is 6.54 Å². The first-order chi connectivity index (χ1) is 12.1. The smallest absolute Gasteiger partial charge is 0.244 e. The molecule has 2 aliphatic heterocycles. The molecule has 2 fully saturated rings. The predicted octanol–water partition coefficient (Wildman–Crippen LogP) is 2.23. The molecule has 1 amide bonds. The molecule has 2 aromatic rings. The van der Waals surface area contributed by atoms with Crippen molar-refractivity contribution in [3.63, 3.8) is 0 Å². The summed E-state index contributed by atoms with van der Waals surface area (Å²) < 4.78 is 1.83. The number of likely N-dealkylation sites (tertiary alicyclic amines) is 2. The van der Waals surface area contributed by atoms with Crippen LogP contribution in [0.3, 0.4) is 0 Å². The van der Waals surface area contributed by atoms with Crippen molar-refractivity contribution < 1.29 is 4.79 Å². The van der Waals surface area contributed by atoms with Crippen LogP contribution < -0.4 is 0 Å². The van der Waals surface area contributed by atoms with Crippen LogP contribution in [0.25, 0.3) is 0 Å². The number of piperidine rings is 1. The first-order valence-electron chi connectivity index (χ1n) is 9.17. The summed E-state index contributed by atoms with van der Waals surface area (Å²) in [4.78, 5) is 17.3. The minimum absolute atomic E-state index is 0.191. The molecule has 4 rings (SSSR count). The third-order valence-electron chi connectivity index (χ3n) is 5.63. The van der Waals surface area contributed by atoms with Gasteiger partial charge < -0.3 is 4.90 Å². The van der Waals surface area contributed by atoms with Gasteiger partial charge in [-0.15, -0.1) is 0 Å². The number of rotatable bonds is 4. The molecule has 2 aliphatic rings. The van der Waals surface area contributed by atoms with Gasteiger partial charge in [0, 0.05) is 37.9 Å². The van der Waals surface area contributed by atoms with Crippen LogP contribution in [-0.2, 0) is 17.9 Å². The van der Waals surface area contributed by atoms with E-state index in [9.17, 15) is 4.79 Å². The number of fused-ring (bicyclic) bond motifs is 1. The van der Waals surface area contributed by atoms with E-state index in [1.54, 1.807) is 0 Å². The van der Waals surface area contributed by atoms with Gasteiger partial charge in [0.2, 0.25) is 5.91 Å². The second-order valence-electron chi connectivity index (χ2n) is 7.46. The Morgan fingerprint density at radius 1 is 1.20 bits per heavy atom. The minimum Gasteiger partial charge on any atom is -0.339 e. The molecule has 25 heavy (non-hydrogen) atoms. The standard InChI is InChI=1S/C20H26N4O/c1-15-10-16(2)24(21-15)14-20(25)22-9-8-18-12-23(19(18)13-22)11-17-6-4-3-5-7-17/h3-7,10,18-19H,8-9,11-14H2,1-2H3/t18-,19-/m1/s1. The monoisotopic (exact) mass is 338 g/mol. The Labute approximate surface area is 149 Å². The van der Waals surface area contributed by atoms with Crippen LogP contribution in [0.15, 0.2) is 36.4 Å². The van der Waals surface area contributed by atoms with E-state index in [1.807, 2.05) is 29.5 Å². The number of aryl methyl sites for hydroxylation is 2. The highest BCUT2D eigenvalue weighted by atomic mass is 16.2. The molecule has 0 aliphatic carbocycles. The first kappa shape index (κ1) is 16.3. The SMILES string of the molecule is Cc1cc(C)n(CC(=O)N2CC[C@@H]3CN(Cc4ccccc4)[C@@H]3C2)n1. The summed E-state index contributed by atoms with van der Waals surface area (Å²) >= 11 is 0. The third-order valence-corrected chi connectivity index (χ3v) is 5.63. The highest BCUT2D eigenvalue weighted by Crippen LogP contribution is 2.33. The molecule has 0 spiro atoms. The van der Waals surface area contributed by atoms with Gasteiger partial charge in [-0.05, 0) is 37.8 Å².